The summed E-state index contributed by atoms with van der Waals surface area (Å²) in [5.41, 5.74) is 7.03. The second-order valence-corrected chi connectivity index (χ2v) is 9.01. The van der Waals surface area contributed by atoms with Crippen LogP contribution in [0.5, 0.6) is 11.5 Å². The van der Waals surface area contributed by atoms with Crippen LogP contribution in [0.15, 0.2) is 90.3 Å². The number of hydrogen-bond acceptors (Lipinski definition) is 5. The molecule has 1 atom stereocenters. The van der Waals surface area contributed by atoms with Gasteiger partial charge < -0.3 is 14.8 Å². The molecule has 5 heteroatoms. The van der Waals surface area contributed by atoms with Crippen molar-refractivity contribution in [3.63, 3.8) is 0 Å². The second kappa shape index (κ2) is 8.91. The molecule has 3 aromatic carbocycles. The van der Waals surface area contributed by atoms with Crippen molar-refractivity contribution in [3.05, 3.63) is 107 Å². The van der Waals surface area contributed by atoms with Gasteiger partial charge in [0, 0.05) is 40.9 Å². The molecule has 1 N–H and O–H groups in total. The monoisotopic (exact) mass is 462 g/mol. The van der Waals surface area contributed by atoms with Gasteiger partial charge in [0.25, 0.3) is 0 Å². The molecule has 1 aliphatic carbocycles. The van der Waals surface area contributed by atoms with Gasteiger partial charge in [-0.05, 0) is 59.9 Å². The van der Waals surface area contributed by atoms with Crippen LogP contribution in [0.25, 0.3) is 10.9 Å². The van der Waals surface area contributed by atoms with E-state index < -0.39 is 0 Å². The molecule has 4 aromatic rings. The molecule has 1 aromatic heterocycles. The zero-order valence-corrected chi connectivity index (χ0v) is 19.6. The number of Topliss-reactive ketones (excluding diaryl/α,β-unsaturated/α-hetero) is 1. The average molecular weight is 463 g/mol. The lowest BCUT2D eigenvalue weighted by atomic mass is 9.74. The van der Waals surface area contributed by atoms with Crippen molar-refractivity contribution >= 4 is 22.4 Å². The highest BCUT2D eigenvalue weighted by molar-refractivity contribution is 6.03. The smallest absolute Gasteiger partial charge is 0.161 e. The summed E-state index contributed by atoms with van der Waals surface area (Å²) in [6.07, 6.45) is 4.12. The van der Waals surface area contributed by atoms with Crippen LogP contribution in [0.2, 0.25) is 0 Å². The predicted octanol–water partition coefficient (Wildman–Crippen LogP) is 6.39. The van der Waals surface area contributed by atoms with Crippen molar-refractivity contribution in [3.8, 4) is 11.5 Å². The average Bonchev–Trinajstić information content (AvgIpc) is 2.91. The standard InChI is InChI=1S/C30H26N2O3/c1-34-27-17-20(12-15-26(27)35-18-19-7-3-2-4-8-19)28-29-21-9-6-16-31-22(21)13-14-24(29)32-23-10-5-11-25(33)30(23)28/h2-4,6-9,12-17,28,32H,5,10-11,18H2,1H3/t28-/m1/s1. The van der Waals surface area contributed by atoms with E-state index in [1.165, 1.54) is 0 Å². The zero-order valence-electron chi connectivity index (χ0n) is 19.6. The summed E-state index contributed by atoms with van der Waals surface area (Å²) >= 11 is 0. The van der Waals surface area contributed by atoms with E-state index in [9.17, 15) is 4.79 Å². The molecule has 6 rings (SSSR count). The summed E-state index contributed by atoms with van der Waals surface area (Å²) in [7, 11) is 1.65. The molecule has 0 unspecified atom stereocenters. The highest BCUT2D eigenvalue weighted by Crippen LogP contribution is 2.48. The highest BCUT2D eigenvalue weighted by atomic mass is 16.5. The van der Waals surface area contributed by atoms with Gasteiger partial charge in [0.15, 0.2) is 17.3 Å². The fourth-order valence-corrected chi connectivity index (χ4v) is 5.28. The van der Waals surface area contributed by atoms with E-state index >= 15 is 0 Å². The third kappa shape index (κ3) is 3.83. The van der Waals surface area contributed by atoms with Crippen LogP contribution in [0.4, 0.5) is 5.69 Å². The summed E-state index contributed by atoms with van der Waals surface area (Å²) in [6, 6.07) is 24.2. The maximum atomic E-state index is 13.3. The summed E-state index contributed by atoms with van der Waals surface area (Å²) in [6.45, 7) is 0.455. The van der Waals surface area contributed by atoms with Crippen molar-refractivity contribution in [1.82, 2.24) is 4.98 Å². The molecule has 2 aliphatic rings. The SMILES string of the molecule is COc1cc([C@H]2C3=C(CCCC3=O)Nc3ccc4ncccc4c32)ccc1OCc1ccccc1. The molecule has 174 valence electrons. The number of benzene rings is 3. The van der Waals surface area contributed by atoms with E-state index in [-0.39, 0.29) is 11.7 Å². The van der Waals surface area contributed by atoms with Crippen LogP contribution < -0.4 is 14.8 Å². The Morgan fingerprint density at radius 2 is 1.86 bits per heavy atom. The largest absolute Gasteiger partial charge is 0.493 e. The van der Waals surface area contributed by atoms with Gasteiger partial charge >= 0.3 is 0 Å². The summed E-state index contributed by atoms with van der Waals surface area (Å²) < 4.78 is 11.8. The molecule has 1 aliphatic heterocycles. The number of aromatic nitrogens is 1. The molecular weight excluding hydrogens is 436 g/mol. The maximum absolute atomic E-state index is 13.3. The lowest BCUT2D eigenvalue weighted by molar-refractivity contribution is -0.116. The first-order valence-corrected chi connectivity index (χ1v) is 12.0. The Morgan fingerprint density at radius 3 is 2.71 bits per heavy atom. The molecule has 0 saturated heterocycles. The lowest BCUT2D eigenvalue weighted by Crippen LogP contribution is -2.27. The zero-order chi connectivity index (χ0) is 23.8. The van der Waals surface area contributed by atoms with E-state index in [2.05, 4.69) is 28.5 Å². The van der Waals surface area contributed by atoms with Crippen LogP contribution in [0.3, 0.4) is 0 Å². The number of pyridine rings is 1. The lowest BCUT2D eigenvalue weighted by Gasteiger charge is -2.35. The van der Waals surface area contributed by atoms with Gasteiger partial charge in [0.05, 0.1) is 12.6 Å². The molecule has 0 bridgehead atoms. The minimum Gasteiger partial charge on any atom is -0.493 e. The Hall–Kier alpha value is -4.12. The quantitative estimate of drug-likeness (QED) is 0.373. The molecule has 0 spiro atoms. The van der Waals surface area contributed by atoms with Crippen molar-refractivity contribution in [2.75, 3.05) is 12.4 Å². The minimum absolute atomic E-state index is 0.195. The minimum atomic E-state index is -0.195. The number of hydrogen-bond donors (Lipinski definition) is 1. The number of allylic oxidation sites excluding steroid dienone is 2. The van der Waals surface area contributed by atoms with Gasteiger partial charge in [0.1, 0.15) is 6.61 Å². The number of ether oxygens (including phenoxy) is 2. The number of ketones is 1. The third-order valence-electron chi connectivity index (χ3n) is 6.90. The van der Waals surface area contributed by atoms with Gasteiger partial charge in [-0.2, -0.15) is 0 Å². The normalized spacial score (nSPS) is 16.9. The number of nitrogens with one attached hydrogen (secondary N) is 1. The topological polar surface area (TPSA) is 60.5 Å². The van der Waals surface area contributed by atoms with E-state index in [0.717, 1.165) is 57.4 Å². The van der Waals surface area contributed by atoms with Crippen molar-refractivity contribution in [2.24, 2.45) is 0 Å². The third-order valence-corrected chi connectivity index (χ3v) is 6.90. The van der Waals surface area contributed by atoms with Gasteiger partial charge in [0.2, 0.25) is 0 Å². The van der Waals surface area contributed by atoms with Crippen molar-refractivity contribution in [2.45, 2.75) is 31.8 Å². The van der Waals surface area contributed by atoms with Crippen LogP contribution in [0.1, 0.15) is 41.9 Å². The molecule has 35 heavy (non-hydrogen) atoms. The Labute approximate surface area is 204 Å². The number of fused-ring (bicyclic) bond motifs is 3. The Kier molecular flexibility index (Phi) is 5.45. The summed E-state index contributed by atoms with van der Waals surface area (Å²) in [5.74, 6) is 1.35. The number of rotatable bonds is 5. The molecule has 2 heterocycles. The molecule has 0 amide bonds. The Balaban J connectivity index is 1.47. The Bertz CT molecular complexity index is 1460. The highest BCUT2D eigenvalue weighted by Gasteiger charge is 2.36. The van der Waals surface area contributed by atoms with Gasteiger partial charge in [-0.25, -0.2) is 0 Å². The number of methoxy groups -OCH3 is 1. The van der Waals surface area contributed by atoms with Gasteiger partial charge in [-0.3, -0.25) is 9.78 Å². The number of carbonyl (C=O) groups is 1. The Morgan fingerprint density at radius 1 is 0.971 bits per heavy atom. The fraction of sp³-hybridized carbons (Fsp3) is 0.200. The first kappa shape index (κ1) is 21.4. The van der Waals surface area contributed by atoms with Gasteiger partial charge in [-0.15, -0.1) is 0 Å². The number of nitrogens with zero attached hydrogens (tertiary/aromatic N) is 1. The number of anilines is 1. The van der Waals surface area contributed by atoms with Crippen LogP contribution >= 0.6 is 0 Å². The van der Waals surface area contributed by atoms with Crippen molar-refractivity contribution in [1.29, 1.82) is 0 Å². The molecule has 0 radical (unpaired) electrons. The molecule has 5 nitrogen and oxygen atoms in total. The second-order valence-electron chi connectivity index (χ2n) is 9.01. The first-order chi connectivity index (χ1) is 17.2. The van der Waals surface area contributed by atoms with E-state index in [1.54, 1.807) is 13.3 Å². The fourth-order valence-electron chi connectivity index (χ4n) is 5.28. The maximum Gasteiger partial charge on any atom is 0.161 e. The number of carbonyl (C=O) groups excluding carboxylic acids is 1. The molecular formula is C30H26N2O3. The molecule has 0 fully saturated rings. The van der Waals surface area contributed by atoms with Crippen LogP contribution in [-0.2, 0) is 11.4 Å². The van der Waals surface area contributed by atoms with E-state index in [4.69, 9.17) is 9.47 Å². The summed E-state index contributed by atoms with van der Waals surface area (Å²) in [4.78, 5) is 17.8. The van der Waals surface area contributed by atoms with E-state index in [1.807, 2.05) is 54.6 Å². The predicted molar refractivity (Wildman–Crippen MR) is 137 cm³/mol. The van der Waals surface area contributed by atoms with E-state index in [0.29, 0.717) is 24.5 Å². The van der Waals surface area contributed by atoms with Crippen molar-refractivity contribution < 1.29 is 14.3 Å². The van der Waals surface area contributed by atoms with Gasteiger partial charge in [-0.1, -0.05) is 42.5 Å². The summed E-state index contributed by atoms with van der Waals surface area (Å²) in [5, 5.41) is 4.63. The molecule has 0 saturated carbocycles. The van der Waals surface area contributed by atoms with Crippen LogP contribution in [0, 0.1) is 0 Å². The first-order valence-electron chi connectivity index (χ1n) is 12.0. The van der Waals surface area contributed by atoms with Crippen LogP contribution in [-0.4, -0.2) is 17.9 Å².